The quantitative estimate of drug-likeness (QED) is 0.413. The van der Waals surface area contributed by atoms with E-state index in [2.05, 4.69) is 21.0 Å². The summed E-state index contributed by atoms with van der Waals surface area (Å²) in [5.41, 5.74) is 2.48. The fourth-order valence-electron chi connectivity index (χ4n) is 2.32. The number of phenols is 1. The first kappa shape index (κ1) is 19.6. The van der Waals surface area contributed by atoms with Crippen molar-refractivity contribution >= 4 is 68.1 Å². The number of hydrogen-bond acceptors (Lipinski definition) is 6. The second kappa shape index (κ2) is 8.24. The Balaban J connectivity index is 1.79. The van der Waals surface area contributed by atoms with Crippen LogP contribution in [0.25, 0.3) is 6.08 Å². The van der Waals surface area contributed by atoms with Crippen molar-refractivity contribution in [3.63, 3.8) is 0 Å². The number of halogens is 1. The Morgan fingerprint density at radius 2 is 1.93 bits per heavy atom. The van der Waals surface area contributed by atoms with Crippen molar-refractivity contribution in [1.82, 2.24) is 5.01 Å². The Morgan fingerprint density at radius 3 is 2.59 bits per heavy atom. The predicted octanol–water partition coefficient (Wildman–Crippen LogP) is 4.46. The zero-order chi connectivity index (χ0) is 19.6. The predicted molar refractivity (Wildman–Crippen MR) is 119 cm³/mol. The number of rotatable bonds is 4. The smallest absolute Gasteiger partial charge is 0.286 e. The number of carbonyl (C=O) groups excluding carboxylic acids is 1. The molecule has 0 aromatic heterocycles. The third kappa shape index (κ3) is 4.58. The van der Waals surface area contributed by atoms with Crippen molar-refractivity contribution in [2.45, 2.75) is 0 Å². The summed E-state index contributed by atoms with van der Waals surface area (Å²) in [7, 11) is 3.94. The molecule has 1 fully saturated rings. The molecule has 0 atom stereocenters. The van der Waals surface area contributed by atoms with E-state index < -0.39 is 0 Å². The average Bonchev–Trinajstić information content (AvgIpc) is 2.90. The minimum Gasteiger partial charge on any atom is -0.507 e. The van der Waals surface area contributed by atoms with Crippen LogP contribution in [0.4, 0.5) is 5.69 Å². The van der Waals surface area contributed by atoms with Crippen LogP contribution < -0.4 is 4.90 Å². The zero-order valence-electron chi connectivity index (χ0n) is 14.6. The third-order valence-corrected chi connectivity index (χ3v) is 5.56. The Hall–Kier alpha value is -2.16. The number of phenolic OH excluding ortho intramolecular Hbond substituents is 1. The lowest BCUT2D eigenvalue weighted by Crippen LogP contribution is -2.22. The van der Waals surface area contributed by atoms with E-state index in [0.29, 0.717) is 14.8 Å². The molecule has 0 spiro atoms. The molecular weight excluding hydrogens is 446 g/mol. The molecule has 1 aliphatic rings. The lowest BCUT2D eigenvalue weighted by Gasteiger charge is -2.12. The number of hydrazone groups is 1. The van der Waals surface area contributed by atoms with Gasteiger partial charge in [0.15, 0.2) is 4.32 Å². The Labute approximate surface area is 175 Å². The monoisotopic (exact) mass is 461 g/mol. The van der Waals surface area contributed by atoms with Crippen molar-refractivity contribution in [2.24, 2.45) is 5.10 Å². The number of aromatic hydroxyl groups is 1. The van der Waals surface area contributed by atoms with Gasteiger partial charge in [0.05, 0.1) is 11.1 Å². The number of thiocarbonyl (C=S) groups is 1. The van der Waals surface area contributed by atoms with Crippen molar-refractivity contribution < 1.29 is 9.90 Å². The number of anilines is 1. The molecule has 0 radical (unpaired) electrons. The number of benzene rings is 2. The minimum absolute atomic E-state index is 0.0907. The highest BCUT2D eigenvalue weighted by molar-refractivity contribution is 9.10. The largest absolute Gasteiger partial charge is 0.507 e. The number of amides is 1. The highest BCUT2D eigenvalue weighted by atomic mass is 79.9. The van der Waals surface area contributed by atoms with Crippen LogP contribution in [-0.2, 0) is 4.79 Å². The summed E-state index contributed by atoms with van der Waals surface area (Å²) in [6, 6.07) is 12.8. The van der Waals surface area contributed by atoms with E-state index in [4.69, 9.17) is 12.2 Å². The molecule has 3 rings (SSSR count). The molecule has 5 nitrogen and oxygen atoms in total. The maximum absolute atomic E-state index is 12.6. The summed E-state index contributed by atoms with van der Waals surface area (Å²) in [5.74, 6) is -0.224. The zero-order valence-corrected chi connectivity index (χ0v) is 17.8. The van der Waals surface area contributed by atoms with Crippen LogP contribution in [0.5, 0.6) is 5.75 Å². The number of hydrogen-bond donors (Lipinski definition) is 1. The Morgan fingerprint density at radius 1 is 1.22 bits per heavy atom. The van der Waals surface area contributed by atoms with E-state index >= 15 is 0 Å². The van der Waals surface area contributed by atoms with Crippen LogP contribution in [0, 0.1) is 0 Å². The van der Waals surface area contributed by atoms with Gasteiger partial charge in [-0.05, 0) is 54.2 Å². The summed E-state index contributed by atoms with van der Waals surface area (Å²) in [6.45, 7) is 0. The molecule has 1 heterocycles. The first-order valence-electron chi connectivity index (χ1n) is 7.93. The normalized spacial score (nSPS) is 16.0. The summed E-state index contributed by atoms with van der Waals surface area (Å²) >= 11 is 9.78. The molecule has 27 heavy (non-hydrogen) atoms. The molecule has 138 valence electrons. The van der Waals surface area contributed by atoms with E-state index in [1.54, 1.807) is 30.5 Å². The van der Waals surface area contributed by atoms with Gasteiger partial charge in [-0.15, -0.1) is 0 Å². The second-order valence-corrected chi connectivity index (χ2v) is 8.52. The van der Waals surface area contributed by atoms with Crippen molar-refractivity contribution in [3.05, 3.63) is 63.0 Å². The summed E-state index contributed by atoms with van der Waals surface area (Å²) < 4.78 is 1.16. The SMILES string of the molecule is CN(C)c1ccc(C=NN2C(=O)C(=Cc3cc(Br)ccc3O)SC2=S)cc1. The van der Waals surface area contributed by atoms with Gasteiger partial charge in [-0.2, -0.15) is 10.1 Å². The summed E-state index contributed by atoms with van der Waals surface area (Å²) in [4.78, 5) is 15.0. The second-order valence-electron chi connectivity index (χ2n) is 5.93. The fourth-order valence-corrected chi connectivity index (χ4v) is 3.87. The van der Waals surface area contributed by atoms with Gasteiger partial charge in [-0.25, -0.2) is 0 Å². The van der Waals surface area contributed by atoms with Gasteiger partial charge < -0.3 is 10.0 Å². The standard InChI is InChI=1S/C19H16BrN3O2S2/c1-22(2)15-6-3-12(4-7-15)11-21-23-18(25)17(27-19(23)26)10-13-9-14(20)5-8-16(13)24/h3-11,24H,1-2H3. The van der Waals surface area contributed by atoms with Crippen LogP contribution in [0.2, 0.25) is 0 Å². The maximum Gasteiger partial charge on any atom is 0.286 e. The molecule has 1 saturated heterocycles. The average molecular weight is 462 g/mol. The van der Waals surface area contributed by atoms with Gasteiger partial charge in [0.2, 0.25) is 0 Å². The van der Waals surface area contributed by atoms with Gasteiger partial charge in [0.25, 0.3) is 5.91 Å². The summed E-state index contributed by atoms with van der Waals surface area (Å²) in [6.07, 6.45) is 3.21. The molecule has 2 aromatic rings. The molecule has 1 aliphatic heterocycles. The minimum atomic E-state index is -0.314. The molecule has 1 amide bonds. The van der Waals surface area contributed by atoms with Crippen LogP contribution in [-0.4, -0.2) is 40.7 Å². The van der Waals surface area contributed by atoms with Gasteiger partial charge in [0.1, 0.15) is 5.75 Å². The Kier molecular flexibility index (Phi) is 5.98. The first-order valence-corrected chi connectivity index (χ1v) is 9.95. The molecular formula is C19H16BrN3O2S2. The molecule has 0 saturated carbocycles. The van der Waals surface area contributed by atoms with Gasteiger partial charge in [-0.3, -0.25) is 4.79 Å². The van der Waals surface area contributed by atoms with Gasteiger partial charge in [0, 0.05) is 29.8 Å². The number of thioether (sulfide) groups is 1. The van der Waals surface area contributed by atoms with E-state index in [9.17, 15) is 9.90 Å². The van der Waals surface area contributed by atoms with Crippen molar-refractivity contribution in [1.29, 1.82) is 0 Å². The molecule has 2 aromatic carbocycles. The third-order valence-electron chi connectivity index (χ3n) is 3.78. The van der Waals surface area contributed by atoms with Crippen molar-refractivity contribution in [2.75, 3.05) is 19.0 Å². The van der Waals surface area contributed by atoms with Gasteiger partial charge >= 0.3 is 0 Å². The lowest BCUT2D eigenvalue weighted by molar-refractivity contribution is -0.122. The fraction of sp³-hybridized carbons (Fsp3) is 0.105. The Bertz CT molecular complexity index is 956. The van der Waals surface area contributed by atoms with E-state index in [1.807, 2.05) is 43.3 Å². The molecule has 8 heteroatoms. The number of nitrogens with zero attached hydrogens (tertiary/aromatic N) is 3. The molecule has 0 bridgehead atoms. The van der Waals surface area contributed by atoms with Crippen molar-refractivity contribution in [3.8, 4) is 5.75 Å². The highest BCUT2D eigenvalue weighted by Crippen LogP contribution is 2.34. The first-order chi connectivity index (χ1) is 12.8. The van der Waals surface area contributed by atoms with Gasteiger partial charge in [-0.1, -0.05) is 39.8 Å². The van der Waals surface area contributed by atoms with Crippen LogP contribution in [0.3, 0.4) is 0 Å². The molecule has 1 N–H and O–H groups in total. The lowest BCUT2D eigenvalue weighted by atomic mass is 10.2. The van der Waals surface area contributed by atoms with E-state index in [-0.39, 0.29) is 11.7 Å². The van der Waals surface area contributed by atoms with Crippen LogP contribution in [0.1, 0.15) is 11.1 Å². The maximum atomic E-state index is 12.6. The highest BCUT2D eigenvalue weighted by Gasteiger charge is 2.32. The van der Waals surface area contributed by atoms with E-state index in [1.165, 1.54) is 5.01 Å². The van der Waals surface area contributed by atoms with Crippen LogP contribution >= 0.6 is 39.9 Å². The van der Waals surface area contributed by atoms with E-state index in [0.717, 1.165) is 27.5 Å². The molecule has 0 unspecified atom stereocenters. The number of carbonyl (C=O) groups is 1. The topological polar surface area (TPSA) is 56.1 Å². The summed E-state index contributed by atoms with van der Waals surface area (Å²) in [5, 5.41) is 15.4. The molecule has 0 aliphatic carbocycles. The van der Waals surface area contributed by atoms with Crippen LogP contribution in [0.15, 0.2) is 56.9 Å².